The summed E-state index contributed by atoms with van der Waals surface area (Å²) in [5.41, 5.74) is 3.33. The van der Waals surface area contributed by atoms with Crippen LogP contribution in [0.3, 0.4) is 0 Å². The second-order valence-corrected chi connectivity index (χ2v) is 9.74. The number of ketones is 2. The number of nitrogens with one attached hydrogen (secondary N) is 1. The van der Waals surface area contributed by atoms with Gasteiger partial charge in [0, 0.05) is 12.8 Å². The molecule has 206 valence electrons. The van der Waals surface area contributed by atoms with E-state index in [-0.39, 0.29) is 48.0 Å². The molecule has 1 aromatic rings. The van der Waals surface area contributed by atoms with Crippen molar-refractivity contribution >= 4 is 23.3 Å². The molecule has 1 amide bonds. The molecule has 8 nitrogen and oxygen atoms in total. The van der Waals surface area contributed by atoms with E-state index in [2.05, 4.69) is 22.0 Å². The molecule has 0 spiro atoms. The number of aliphatic imine (C=N–C) groups is 1. The molecule has 1 unspecified atom stereocenters. The van der Waals surface area contributed by atoms with Crippen molar-refractivity contribution in [1.29, 1.82) is 0 Å². The van der Waals surface area contributed by atoms with Crippen LogP contribution >= 0.6 is 0 Å². The van der Waals surface area contributed by atoms with E-state index < -0.39 is 40.6 Å². The van der Waals surface area contributed by atoms with Crippen molar-refractivity contribution < 1.29 is 27.6 Å². The SMILES string of the molecule is C=CC.CCCC(NC(/N=C(\CC)n1nc(C(F)(F)F)c2c1CC(C)(C)CC2=O)=C(/C)C(N)=O)C(C)=O. The summed E-state index contributed by atoms with van der Waals surface area (Å²) in [6.07, 6.45) is -1.66. The summed E-state index contributed by atoms with van der Waals surface area (Å²) in [7, 11) is 0. The highest BCUT2D eigenvalue weighted by atomic mass is 19.4. The topological polar surface area (TPSA) is 119 Å². The lowest BCUT2D eigenvalue weighted by molar-refractivity contribution is -0.141. The number of hydrogen-bond donors (Lipinski definition) is 2. The van der Waals surface area contributed by atoms with Gasteiger partial charge in [0.1, 0.15) is 11.7 Å². The third-order valence-corrected chi connectivity index (χ3v) is 5.72. The highest BCUT2D eigenvalue weighted by Gasteiger charge is 2.45. The number of carbonyl (C=O) groups is 3. The molecule has 1 aromatic heterocycles. The van der Waals surface area contributed by atoms with Gasteiger partial charge in [0.25, 0.3) is 0 Å². The molecule has 0 aromatic carbocycles. The Bertz CT molecular complexity index is 1100. The molecular weight excluding hydrogens is 487 g/mol. The Labute approximate surface area is 216 Å². The molecule has 0 fully saturated rings. The number of amides is 1. The van der Waals surface area contributed by atoms with E-state index in [4.69, 9.17) is 5.73 Å². The summed E-state index contributed by atoms with van der Waals surface area (Å²) in [6, 6.07) is -0.658. The quantitative estimate of drug-likeness (QED) is 0.215. The van der Waals surface area contributed by atoms with Crippen LogP contribution in [-0.2, 0) is 22.2 Å². The maximum absolute atomic E-state index is 13.8. The van der Waals surface area contributed by atoms with Crippen LogP contribution in [0.15, 0.2) is 29.0 Å². The van der Waals surface area contributed by atoms with Crippen LogP contribution in [0.2, 0.25) is 0 Å². The molecule has 1 aliphatic rings. The molecular formula is C26H38F3N5O3. The largest absolute Gasteiger partial charge is 0.435 e. The van der Waals surface area contributed by atoms with Gasteiger partial charge >= 0.3 is 6.18 Å². The average Bonchev–Trinajstić information content (AvgIpc) is 3.14. The zero-order valence-electron chi connectivity index (χ0n) is 22.7. The van der Waals surface area contributed by atoms with Gasteiger partial charge in [-0.05, 0) is 39.0 Å². The number of allylic oxidation sites excluding steroid dienone is 1. The number of rotatable bonds is 8. The van der Waals surface area contributed by atoms with Gasteiger partial charge in [-0.25, -0.2) is 9.67 Å². The van der Waals surface area contributed by atoms with E-state index in [1.807, 2.05) is 13.8 Å². The molecule has 0 radical (unpaired) electrons. The van der Waals surface area contributed by atoms with Crippen molar-refractivity contribution in [3.63, 3.8) is 0 Å². The van der Waals surface area contributed by atoms with E-state index >= 15 is 0 Å². The number of carbonyl (C=O) groups excluding carboxylic acids is 3. The fourth-order valence-electron chi connectivity index (χ4n) is 3.94. The molecule has 3 N–H and O–H groups in total. The summed E-state index contributed by atoms with van der Waals surface area (Å²) in [5.74, 6) is -1.54. The monoisotopic (exact) mass is 525 g/mol. The minimum absolute atomic E-state index is 0.0155. The van der Waals surface area contributed by atoms with Crippen molar-refractivity contribution in [2.24, 2.45) is 16.1 Å². The van der Waals surface area contributed by atoms with Crippen LogP contribution in [0.25, 0.3) is 0 Å². The number of Topliss-reactive ketones (excluding diaryl/α,β-unsaturated/α-hetero) is 2. The fourth-order valence-corrected chi connectivity index (χ4v) is 3.94. The number of hydrogen-bond acceptors (Lipinski definition) is 6. The normalized spacial score (nSPS) is 16.6. The number of aromatic nitrogens is 2. The standard InChI is InChI=1S/C23H32F3N5O3.C3H6/c1-7-9-14(13(4)32)28-21(12(3)20(27)34)29-17(8-2)31-15-10-22(5,6)11-16(33)18(15)19(30-31)23(24,25)26;1-3-2/h14,28H,7-11H2,1-6H3,(H2,27,34);3H,1H2,2H3/b21-12+,29-17+;. The minimum atomic E-state index is -4.83. The van der Waals surface area contributed by atoms with Crippen molar-refractivity contribution in [1.82, 2.24) is 15.1 Å². The molecule has 0 bridgehead atoms. The summed E-state index contributed by atoms with van der Waals surface area (Å²) >= 11 is 0. The van der Waals surface area contributed by atoms with Gasteiger partial charge in [0.15, 0.2) is 17.3 Å². The highest BCUT2D eigenvalue weighted by Crippen LogP contribution is 2.41. The Hall–Kier alpha value is -3.24. The first-order valence-electron chi connectivity index (χ1n) is 12.2. The van der Waals surface area contributed by atoms with Crippen LogP contribution < -0.4 is 11.1 Å². The number of primary amides is 1. The van der Waals surface area contributed by atoms with Gasteiger partial charge in [0.05, 0.1) is 22.9 Å². The predicted octanol–water partition coefficient (Wildman–Crippen LogP) is 4.97. The zero-order chi connectivity index (χ0) is 28.7. The van der Waals surface area contributed by atoms with Gasteiger partial charge in [-0.2, -0.15) is 18.3 Å². The first kappa shape index (κ1) is 31.8. The molecule has 0 saturated heterocycles. The lowest BCUT2D eigenvalue weighted by atomic mass is 9.75. The van der Waals surface area contributed by atoms with E-state index in [0.29, 0.717) is 12.8 Å². The summed E-state index contributed by atoms with van der Waals surface area (Å²) in [4.78, 5) is 41.1. The molecule has 1 aliphatic carbocycles. The molecule has 0 aliphatic heterocycles. The maximum atomic E-state index is 13.8. The first-order chi connectivity index (χ1) is 17.0. The van der Waals surface area contributed by atoms with Gasteiger partial charge in [-0.3, -0.25) is 14.4 Å². The summed E-state index contributed by atoms with van der Waals surface area (Å²) in [6.45, 7) is 15.2. The van der Waals surface area contributed by atoms with Crippen LogP contribution in [0.5, 0.6) is 0 Å². The lowest BCUT2D eigenvalue weighted by Crippen LogP contribution is -2.36. The van der Waals surface area contributed by atoms with Crippen molar-refractivity contribution in [2.75, 3.05) is 0 Å². The van der Waals surface area contributed by atoms with Crippen LogP contribution in [-0.4, -0.2) is 39.1 Å². The number of nitrogens with zero attached hydrogens (tertiary/aromatic N) is 3. The molecule has 2 rings (SSSR count). The summed E-state index contributed by atoms with van der Waals surface area (Å²) in [5, 5.41) is 6.69. The molecule has 1 atom stereocenters. The average molecular weight is 526 g/mol. The smallest absolute Gasteiger partial charge is 0.366 e. The van der Waals surface area contributed by atoms with Crippen molar-refractivity contribution in [2.45, 2.75) is 92.8 Å². The summed E-state index contributed by atoms with van der Waals surface area (Å²) < 4.78 is 42.4. The Kier molecular flexibility index (Phi) is 11.0. The van der Waals surface area contributed by atoms with E-state index in [1.165, 1.54) is 13.8 Å². The lowest BCUT2D eigenvalue weighted by Gasteiger charge is -2.29. The molecule has 0 saturated carbocycles. The van der Waals surface area contributed by atoms with Crippen LogP contribution in [0, 0.1) is 5.41 Å². The van der Waals surface area contributed by atoms with Gasteiger partial charge in [-0.1, -0.05) is 40.2 Å². The van der Waals surface area contributed by atoms with E-state index in [0.717, 1.165) is 4.68 Å². The van der Waals surface area contributed by atoms with Gasteiger partial charge < -0.3 is 11.1 Å². The predicted molar refractivity (Wildman–Crippen MR) is 137 cm³/mol. The Morgan fingerprint density at radius 2 is 1.84 bits per heavy atom. The molecule has 1 heterocycles. The first-order valence-corrected chi connectivity index (χ1v) is 12.2. The third-order valence-electron chi connectivity index (χ3n) is 5.72. The molecule has 11 heteroatoms. The maximum Gasteiger partial charge on any atom is 0.435 e. The van der Waals surface area contributed by atoms with Gasteiger partial charge in [-0.15, -0.1) is 6.58 Å². The zero-order valence-corrected chi connectivity index (χ0v) is 22.7. The van der Waals surface area contributed by atoms with Gasteiger partial charge in [0.2, 0.25) is 5.91 Å². The molecule has 37 heavy (non-hydrogen) atoms. The number of fused-ring (bicyclic) bond motifs is 1. The highest BCUT2D eigenvalue weighted by molar-refractivity contribution is 6.01. The van der Waals surface area contributed by atoms with Crippen molar-refractivity contribution in [3.8, 4) is 0 Å². The van der Waals surface area contributed by atoms with Crippen molar-refractivity contribution in [3.05, 3.63) is 41.0 Å². The second-order valence-electron chi connectivity index (χ2n) is 9.74. The Balaban J connectivity index is 0.00000217. The third kappa shape index (κ3) is 8.13. The number of halogens is 3. The second kappa shape index (κ2) is 12.8. The minimum Gasteiger partial charge on any atom is -0.366 e. The Morgan fingerprint density at radius 3 is 2.27 bits per heavy atom. The van der Waals surface area contributed by atoms with E-state index in [9.17, 15) is 27.6 Å². The van der Waals surface area contributed by atoms with Crippen LogP contribution in [0.4, 0.5) is 13.2 Å². The number of alkyl halides is 3. The fraction of sp³-hybridized carbons (Fsp3) is 0.577. The Morgan fingerprint density at radius 1 is 1.27 bits per heavy atom. The van der Waals surface area contributed by atoms with Crippen LogP contribution in [0.1, 0.15) is 95.9 Å². The number of nitrogens with two attached hydrogens (primary N) is 1. The van der Waals surface area contributed by atoms with E-state index in [1.54, 1.807) is 26.8 Å².